The Hall–Kier alpha value is -2.23. The number of benzene rings is 1. The summed E-state index contributed by atoms with van der Waals surface area (Å²) in [5.74, 6) is -1.43. The van der Waals surface area contributed by atoms with E-state index in [4.69, 9.17) is 0 Å². The van der Waals surface area contributed by atoms with Gasteiger partial charge >= 0.3 is 0 Å². The topological polar surface area (TPSA) is 86.8 Å². The van der Waals surface area contributed by atoms with Gasteiger partial charge < -0.3 is 5.32 Å². The third-order valence-corrected chi connectivity index (χ3v) is 8.15. The molecule has 3 rings (SSSR count). The second-order valence-corrected chi connectivity index (χ2v) is 10.1. The lowest BCUT2D eigenvalue weighted by Gasteiger charge is -2.29. The summed E-state index contributed by atoms with van der Waals surface area (Å²) in [6.45, 7) is 8.01. The van der Waals surface area contributed by atoms with Crippen LogP contribution < -0.4 is 9.62 Å². The summed E-state index contributed by atoms with van der Waals surface area (Å²) >= 11 is 1.67. The predicted octanol–water partition coefficient (Wildman–Crippen LogP) is 2.87. The number of sulfonamides is 1. The third kappa shape index (κ3) is 4.58. The Morgan fingerprint density at radius 2 is 1.90 bits per heavy atom. The van der Waals surface area contributed by atoms with Gasteiger partial charge in [0.05, 0.1) is 23.4 Å². The molecule has 1 fully saturated rings. The Morgan fingerprint density at radius 3 is 2.40 bits per heavy atom. The quantitative estimate of drug-likeness (QED) is 0.670. The molecule has 2 heterocycles. The molecular weight excluding hydrogens is 422 g/mol. The molecular formula is C21H27N3O4S2. The van der Waals surface area contributed by atoms with Gasteiger partial charge in [-0.15, -0.1) is 11.3 Å². The number of nitrogens with one attached hydrogen (secondary N) is 1. The molecule has 1 N–H and O–H groups in total. The molecule has 2 atom stereocenters. The molecule has 7 nitrogen and oxygen atoms in total. The number of carbonyl (C=O) groups excluding carboxylic acids is 2. The van der Waals surface area contributed by atoms with E-state index >= 15 is 0 Å². The average molecular weight is 450 g/mol. The fraction of sp³-hybridized carbons (Fsp3) is 0.429. The minimum absolute atomic E-state index is 0.0945. The molecule has 1 aromatic heterocycles. The van der Waals surface area contributed by atoms with Gasteiger partial charge in [-0.1, -0.05) is 26.8 Å². The van der Waals surface area contributed by atoms with Gasteiger partial charge in [0, 0.05) is 17.0 Å². The normalized spacial score (nSPS) is 19.3. The van der Waals surface area contributed by atoms with Crippen molar-refractivity contribution in [2.45, 2.75) is 26.8 Å². The maximum Gasteiger partial charge on any atom is 0.251 e. The van der Waals surface area contributed by atoms with E-state index in [1.54, 1.807) is 30.4 Å². The average Bonchev–Trinajstić information content (AvgIpc) is 3.31. The van der Waals surface area contributed by atoms with Crippen molar-refractivity contribution < 1.29 is 18.0 Å². The number of carbonyl (C=O) groups is 2. The highest BCUT2D eigenvalue weighted by Crippen LogP contribution is 2.28. The lowest BCUT2D eigenvalue weighted by Crippen LogP contribution is -2.37. The number of hydrogen-bond donors (Lipinski definition) is 1. The van der Waals surface area contributed by atoms with Crippen LogP contribution in [0.5, 0.6) is 0 Å². The van der Waals surface area contributed by atoms with Crippen LogP contribution in [0.4, 0.5) is 5.69 Å². The second-order valence-electron chi connectivity index (χ2n) is 7.29. The predicted molar refractivity (Wildman–Crippen MR) is 119 cm³/mol. The van der Waals surface area contributed by atoms with Crippen LogP contribution in [0.15, 0.2) is 41.8 Å². The molecule has 0 bridgehead atoms. The molecule has 162 valence electrons. The Balaban J connectivity index is 1.71. The fourth-order valence-corrected chi connectivity index (χ4v) is 6.36. The molecule has 30 heavy (non-hydrogen) atoms. The van der Waals surface area contributed by atoms with Gasteiger partial charge in [-0.2, -0.15) is 0 Å². The van der Waals surface area contributed by atoms with Gasteiger partial charge in [0.2, 0.25) is 15.9 Å². The molecule has 0 spiro atoms. The molecule has 1 saturated heterocycles. The Morgan fingerprint density at radius 1 is 1.23 bits per heavy atom. The van der Waals surface area contributed by atoms with E-state index in [2.05, 4.69) is 30.1 Å². The van der Waals surface area contributed by atoms with Gasteiger partial charge in [0.15, 0.2) is 0 Å². The Kier molecular flexibility index (Phi) is 6.95. The summed E-state index contributed by atoms with van der Waals surface area (Å²) in [7, 11) is -3.65. The van der Waals surface area contributed by atoms with E-state index in [0.29, 0.717) is 12.1 Å². The first-order valence-electron chi connectivity index (χ1n) is 10.0. The van der Waals surface area contributed by atoms with Crippen LogP contribution in [-0.4, -0.2) is 50.5 Å². The summed E-state index contributed by atoms with van der Waals surface area (Å²) in [5.41, 5.74) is 0.681. The zero-order valence-corrected chi connectivity index (χ0v) is 19.0. The lowest BCUT2D eigenvalue weighted by molar-refractivity contribution is -0.119. The summed E-state index contributed by atoms with van der Waals surface area (Å²) in [6, 6.07) is 10.3. The van der Waals surface area contributed by atoms with Crippen molar-refractivity contribution in [1.82, 2.24) is 10.2 Å². The van der Waals surface area contributed by atoms with Crippen molar-refractivity contribution in [3.63, 3.8) is 0 Å². The summed E-state index contributed by atoms with van der Waals surface area (Å²) in [4.78, 5) is 28.4. The first-order chi connectivity index (χ1) is 14.3. The van der Waals surface area contributed by atoms with Crippen LogP contribution in [0.2, 0.25) is 0 Å². The number of hydrogen-bond acceptors (Lipinski definition) is 6. The second kappa shape index (κ2) is 9.28. The van der Waals surface area contributed by atoms with E-state index in [9.17, 15) is 18.0 Å². The molecule has 2 amide bonds. The maximum atomic E-state index is 12.7. The summed E-state index contributed by atoms with van der Waals surface area (Å²) in [6.07, 6.45) is 0. The Bertz CT molecular complexity index is 984. The lowest BCUT2D eigenvalue weighted by atomic mass is 10.1. The zero-order valence-electron chi connectivity index (χ0n) is 17.4. The number of thiophene rings is 1. The standard InChI is InChI=1S/C21H27N3O4S2/c1-4-23(5-2)18(19-7-6-12-29-19)13-22-20(25)16-8-10-17(11-9-16)24-21(26)15(3)14-30(24,27)28/h6-12,15,18H,4-5,13-14H2,1-3H3,(H,22,25). The van der Waals surface area contributed by atoms with Crippen LogP contribution in [0.1, 0.15) is 42.0 Å². The maximum absolute atomic E-state index is 12.7. The van der Waals surface area contributed by atoms with Crippen LogP contribution in [-0.2, 0) is 14.8 Å². The number of rotatable bonds is 8. The third-order valence-electron chi connectivity index (χ3n) is 5.31. The van der Waals surface area contributed by atoms with Crippen molar-refractivity contribution >= 4 is 38.9 Å². The van der Waals surface area contributed by atoms with Crippen molar-refractivity contribution in [2.24, 2.45) is 5.92 Å². The SMILES string of the molecule is CCN(CC)C(CNC(=O)c1ccc(N2C(=O)C(C)CS2(=O)=O)cc1)c1cccs1. The van der Waals surface area contributed by atoms with Crippen molar-refractivity contribution in [1.29, 1.82) is 0 Å². The molecule has 2 unspecified atom stereocenters. The van der Waals surface area contributed by atoms with E-state index in [1.165, 1.54) is 17.0 Å². The van der Waals surface area contributed by atoms with E-state index in [-0.39, 0.29) is 23.4 Å². The fourth-order valence-electron chi connectivity index (χ4n) is 3.68. The van der Waals surface area contributed by atoms with Gasteiger partial charge in [-0.05, 0) is 48.8 Å². The highest BCUT2D eigenvalue weighted by Gasteiger charge is 2.41. The zero-order chi connectivity index (χ0) is 21.9. The highest BCUT2D eigenvalue weighted by atomic mass is 32.2. The number of amides is 2. The number of anilines is 1. The van der Waals surface area contributed by atoms with Crippen LogP contribution >= 0.6 is 11.3 Å². The minimum Gasteiger partial charge on any atom is -0.350 e. The number of likely N-dealkylation sites (N-methyl/N-ethyl adjacent to an activating group) is 1. The van der Waals surface area contributed by atoms with E-state index in [0.717, 1.165) is 17.4 Å². The van der Waals surface area contributed by atoms with Crippen LogP contribution in [0.3, 0.4) is 0 Å². The van der Waals surface area contributed by atoms with Crippen molar-refractivity contribution in [3.05, 3.63) is 52.2 Å². The van der Waals surface area contributed by atoms with E-state index in [1.807, 2.05) is 11.4 Å². The largest absolute Gasteiger partial charge is 0.350 e. The van der Waals surface area contributed by atoms with Gasteiger partial charge in [0.25, 0.3) is 5.91 Å². The van der Waals surface area contributed by atoms with Crippen molar-refractivity contribution in [2.75, 3.05) is 29.7 Å². The molecule has 9 heteroatoms. The molecule has 0 radical (unpaired) electrons. The first-order valence-corrected chi connectivity index (χ1v) is 12.5. The van der Waals surface area contributed by atoms with Gasteiger partial charge in [-0.3, -0.25) is 14.5 Å². The van der Waals surface area contributed by atoms with Crippen LogP contribution in [0.25, 0.3) is 0 Å². The number of nitrogens with zero attached hydrogens (tertiary/aromatic N) is 2. The molecule has 1 aliphatic rings. The minimum atomic E-state index is -3.65. The van der Waals surface area contributed by atoms with Crippen molar-refractivity contribution in [3.8, 4) is 0 Å². The molecule has 0 aliphatic carbocycles. The Labute approximate surface area is 181 Å². The molecule has 0 saturated carbocycles. The van der Waals surface area contributed by atoms with Gasteiger partial charge in [-0.25, -0.2) is 12.7 Å². The summed E-state index contributed by atoms with van der Waals surface area (Å²) < 4.78 is 25.3. The summed E-state index contributed by atoms with van der Waals surface area (Å²) in [5, 5.41) is 5.01. The first kappa shape index (κ1) is 22.5. The molecule has 2 aromatic rings. The smallest absolute Gasteiger partial charge is 0.251 e. The molecule has 1 aromatic carbocycles. The monoisotopic (exact) mass is 449 g/mol. The van der Waals surface area contributed by atoms with E-state index < -0.39 is 21.8 Å². The highest BCUT2D eigenvalue weighted by molar-refractivity contribution is 7.94. The molecule has 1 aliphatic heterocycles. The van der Waals surface area contributed by atoms with Gasteiger partial charge in [0.1, 0.15) is 0 Å². The van der Waals surface area contributed by atoms with Crippen LogP contribution in [0, 0.1) is 5.92 Å².